The second-order valence-electron chi connectivity index (χ2n) is 7.70. The Labute approximate surface area is 145 Å². The molecule has 2 aliphatic rings. The molecule has 1 amide bonds. The molecule has 1 aromatic rings. The van der Waals surface area contributed by atoms with E-state index >= 15 is 0 Å². The van der Waals surface area contributed by atoms with Crippen LogP contribution in [-0.4, -0.2) is 34.8 Å². The number of benzene rings is 1. The Bertz CT molecular complexity index is 615. The fourth-order valence-corrected chi connectivity index (χ4v) is 4.18. The van der Waals surface area contributed by atoms with Gasteiger partial charge in [0.1, 0.15) is 5.60 Å². The van der Waals surface area contributed by atoms with E-state index in [0.717, 1.165) is 29.3 Å². The first-order valence-corrected chi connectivity index (χ1v) is 8.95. The number of ether oxygens (including phenoxy) is 1. The average molecular weight is 382 g/mol. The number of carbonyl (C=O) groups excluding carboxylic acids is 1. The molecule has 1 aliphatic heterocycles. The number of aliphatic hydroxyl groups is 1. The summed E-state index contributed by atoms with van der Waals surface area (Å²) in [6.45, 7) is 7.02. The van der Waals surface area contributed by atoms with Crippen molar-refractivity contribution in [3.05, 3.63) is 33.8 Å². The predicted molar refractivity (Wildman–Crippen MR) is 92.4 cm³/mol. The summed E-state index contributed by atoms with van der Waals surface area (Å²) >= 11 is 3.48. The molecule has 1 saturated heterocycles. The molecule has 4 nitrogen and oxygen atoms in total. The summed E-state index contributed by atoms with van der Waals surface area (Å²) in [6, 6.07) is 6.19. The third kappa shape index (κ3) is 3.26. The first kappa shape index (κ1) is 16.8. The molecule has 0 unspecified atom stereocenters. The van der Waals surface area contributed by atoms with Crippen molar-refractivity contribution in [2.45, 2.75) is 57.2 Å². The van der Waals surface area contributed by atoms with Gasteiger partial charge in [0.25, 0.3) is 0 Å². The number of halogens is 1. The average Bonchev–Trinajstić information content (AvgIpc) is 2.70. The zero-order valence-electron chi connectivity index (χ0n) is 13.9. The second kappa shape index (κ2) is 5.78. The topological polar surface area (TPSA) is 49.8 Å². The normalized spacial score (nSPS) is 23.0. The van der Waals surface area contributed by atoms with Gasteiger partial charge in [-0.3, -0.25) is 0 Å². The van der Waals surface area contributed by atoms with E-state index in [4.69, 9.17) is 4.74 Å². The molecule has 0 bridgehead atoms. The summed E-state index contributed by atoms with van der Waals surface area (Å²) in [4.78, 5) is 14.0. The van der Waals surface area contributed by atoms with E-state index in [9.17, 15) is 9.90 Å². The molecule has 0 radical (unpaired) electrons. The number of hydrogen-bond acceptors (Lipinski definition) is 3. The van der Waals surface area contributed by atoms with Crippen LogP contribution >= 0.6 is 15.9 Å². The summed E-state index contributed by atoms with van der Waals surface area (Å²) < 4.78 is 6.46. The van der Waals surface area contributed by atoms with Crippen LogP contribution in [-0.2, 0) is 10.2 Å². The van der Waals surface area contributed by atoms with Crippen molar-refractivity contribution in [2.24, 2.45) is 0 Å². The number of nitrogens with zero attached hydrogens (tertiary/aromatic N) is 1. The zero-order chi connectivity index (χ0) is 16.8. The van der Waals surface area contributed by atoms with Crippen LogP contribution < -0.4 is 0 Å². The predicted octanol–water partition coefficient (Wildman–Crippen LogP) is 4.15. The molecule has 0 saturated carbocycles. The van der Waals surface area contributed by atoms with Crippen LogP contribution in [0, 0.1) is 0 Å². The van der Waals surface area contributed by atoms with Gasteiger partial charge in [0.2, 0.25) is 0 Å². The first-order valence-electron chi connectivity index (χ1n) is 8.16. The summed E-state index contributed by atoms with van der Waals surface area (Å²) in [6.07, 6.45) is 1.86. The van der Waals surface area contributed by atoms with Gasteiger partial charge in [-0.15, -0.1) is 0 Å². The van der Waals surface area contributed by atoms with Gasteiger partial charge >= 0.3 is 6.09 Å². The SMILES string of the molecule is CC(C)(C)OC(=O)N1CCC2(CC1)C[C@@H](O)c1cc(Br)ccc12. The molecular formula is C18H24BrNO3. The van der Waals surface area contributed by atoms with E-state index in [1.54, 1.807) is 4.90 Å². The molecule has 23 heavy (non-hydrogen) atoms. The van der Waals surface area contributed by atoms with Crippen LogP contribution in [0.15, 0.2) is 22.7 Å². The van der Waals surface area contributed by atoms with E-state index < -0.39 is 11.7 Å². The van der Waals surface area contributed by atoms with Crippen LogP contribution in [0.3, 0.4) is 0 Å². The number of aliphatic hydroxyl groups excluding tert-OH is 1. The Morgan fingerprint density at radius 2 is 2.00 bits per heavy atom. The van der Waals surface area contributed by atoms with Crippen LogP contribution in [0.25, 0.3) is 0 Å². The van der Waals surface area contributed by atoms with Crippen molar-refractivity contribution in [2.75, 3.05) is 13.1 Å². The van der Waals surface area contributed by atoms with E-state index in [2.05, 4.69) is 22.0 Å². The van der Waals surface area contributed by atoms with Gasteiger partial charge in [0, 0.05) is 23.0 Å². The highest BCUT2D eigenvalue weighted by atomic mass is 79.9. The Balaban J connectivity index is 1.74. The summed E-state index contributed by atoms with van der Waals surface area (Å²) in [5.41, 5.74) is 1.81. The Kier molecular flexibility index (Phi) is 4.21. The molecule has 1 aliphatic carbocycles. The standard InChI is InChI=1S/C18H24BrNO3/c1-17(2,3)23-16(22)20-8-6-18(7-9-20)11-15(21)13-10-12(19)4-5-14(13)18/h4-5,10,15,21H,6-9,11H2,1-3H3/t15-/m1/s1. The third-order valence-electron chi connectivity index (χ3n) is 4.90. The molecule has 0 aromatic heterocycles. The molecular weight excluding hydrogens is 358 g/mol. The summed E-state index contributed by atoms with van der Waals surface area (Å²) in [5.74, 6) is 0. The monoisotopic (exact) mass is 381 g/mol. The molecule has 1 atom stereocenters. The Hall–Kier alpha value is -1.07. The lowest BCUT2D eigenvalue weighted by atomic mass is 9.74. The fourth-order valence-electron chi connectivity index (χ4n) is 3.80. The molecule has 1 spiro atoms. The Morgan fingerprint density at radius 3 is 2.61 bits per heavy atom. The molecule has 1 fully saturated rings. The maximum Gasteiger partial charge on any atom is 0.410 e. The van der Waals surface area contributed by atoms with Gasteiger partial charge in [-0.1, -0.05) is 22.0 Å². The van der Waals surface area contributed by atoms with E-state index in [-0.39, 0.29) is 11.5 Å². The number of rotatable bonds is 0. The smallest absolute Gasteiger partial charge is 0.410 e. The maximum absolute atomic E-state index is 12.2. The number of amides is 1. The van der Waals surface area contributed by atoms with Crippen LogP contribution in [0.1, 0.15) is 57.3 Å². The van der Waals surface area contributed by atoms with E-state index in [1.165, 1.54) is 5.56 Å². The van der Waals surface area contributed by atoms with Crippen molar-refractivity contribution in [1.82, 2.24) is 4.90 Å². The van der Waals surface area contributed by atoms with Crippen LogP contribution in [0.4, 0.5) is 4.79 Å². The quantitative estimate of drug-likeness (QED) is 0.733. The molecule has 5 heteroatoms. The highest BCUT2D eigenvalue weighted by Gasteiger charge is 2.46. The van der Waals surface area contributed by atoms with E-state index in [0.29, 0.717) is 13.1 Å². The highest BCUT2D eigenvalue weighted by Crippen LogP contribution is 2.51. The number of carbonyl (C=O) groups is 1. The fraction of sp³-hybridized carbons (Fsp3) is 0.611. The van der Waals surface area contributed by atoms with Crippen LogP contribution in [0.2, 0.25) is 0 Å². The van der Waals surface area contributed by atoms with Gasteiger partial charge in [-0.2, -0.15) is 0 Å². The minimum Gasteiger partial charge on any atom is -0.444 e. The van der Waals surface area contributed by atoms with Gasteiger partial charge in [0.05, 0.1) is 6.10 Å². The van der Waals surface area contributed by atoms with E-state index in [1.807, 2.05) is 32.9 Å². The van der Waals surface area contributed by atoms with Crippen molar-refractivity contribution in [1.29, 1.82) is 0 Å². The summed E-state index contributed by atoms with van der Waals surface area (Å²) in [7, 11) is 0. The molecule has 1 heterocycles. The minimum atomic E-state index is -0.464. The number of piperidine rings is 1. The first-order chi connectivity index (χ1) is 10.7. The molecule has 126 valence electrons. The lowest BCUT2D eigenvalue weighted by molar-refractivity contribution is 0.0147. The van der Waals surface area contributed by atoms with Crippen molar-refractivity contribution in [3.63, 3.8) is 0 Å². The highest BCUT2D eigenvalue weighted by molar-refractivity contribution is 9.10. The maximum atomic E-state index is 12.2. The van der Waals surface area contributed by atoms with Gasteiger partial charge in [-0.25, -0.2) is 4.79 Å². The van der Waals surface area contributed by atoms with Crippen LogP contribution in [0.5, 0.6) is 0 Å². The lowest BCUT2D eigenvalue weighted by Crippen LogP contribution is -2.46. The number of fused-ring (bicyclic) bond motifs is 2. The van der Waals surface area contributed by atoms with Gasteiger partial charge < -0.3 is 14.7 Å². The van der Waals surface area contributed by atoms with Crippen molar-refractivity contribution in [3.8, 4) is 0 Å². The largest absolute Gasteiger partial charge is 0.444 e. The second-order valence-corrected chi connectivity index (χ2v) is 8.61. The minimum absolute atomic E-state index is 0.00599. The number of likely N-dealkylation sites (tertiary alicyclic amines) is 1. The molecule has 1 N–H and O–H groups in total. The third-order valence-corrected chi connectivity index (χ3v) is 5.39. The van der Waals surface area contributed by atoms with Crippen molar-refractivity contribution < 1.29 is 14.6 Å². The Morgan fingerprint density at radius 1 is 1.35 bits per heavy atom. The summed E-state index contributed by atoms with van der Waals surface area (Å²) in [5, 5.41) is 10.4. The van der Waals surface area contributed by atoms with Crippen molar-refractivity contribution >= 4 is 22.0 Å². The lowest BCUT2D eigenvalue weighted by Gasteiger charge is -2.40. The van der Waals surface area contributed by atoms with Gasteiger partial charge in [0.15, 0.2) is 0 Å². The zero-order valence-corrected chi connectivity index (χ0v) is 15.5. The number of hydrogen-bond donors (Lipinski definition) is 1. The molecule has 1 aromatic carbocycles. The molecule has 3 rings (SSSR count). The van der Waals surface area contributed by atoms with Gasteiger partial charge in [-0.05, 0) is 63.3 Å².